The molecule has 1 aromatic heterocycles. The van der Waals surface area contributed by atoms with E-state index in [1.807, 2.05) is 17.9 Å². The standard InChI is InChI=1S/C19H29N5O3/c1-3-27-19(26)24-6-4-16(5-7-24)21-17-12-15(13-20-14-17)18(25)23-10-8-22(2)9-11-23/h12-14,16,21H,3-11H2,1-2H3. The number of hydrogen-bond donors (Lipinski definition) is 1. The second-order valence-corrected chi connectivity index (χ2v) is 7.16. The first-order valence-corrected chi connectivity index (χ1v) is 9.68. The van der Waals surface area contributed by atoms with Gasteiger partial charge >= 0.3 is 6.09 Å². The molecule has 3 heterocycles. The van der Waals surface area contributed by atoms with Crippen LogP contribution in [0.5, 0.6) is 0 Å². The highest BCUT2D eigenvalue weighted by atomic mass is 16.6. The Labute approximate surface area is 160 Å². The van der Waals surface area contributed by atoms with Gasteiger partial charge in [0, 0.05) is 57.7 Å². The number of nitrogens with zero attached hydrogens (tertiary/aromatic N) is 4. The van der Waals surface area contributed by atoms with Crippen LogP contribution in [0.3, 0.4) is 0 Å². The van der Waals surface area contributed by atoms with Gasteiger partial charge in [-0.2, -0.15) is 0 Å². The average molecular weight is 375 g/mol. The van der Waals surface area contributed by atoms with Gasteiger partial charge in [-0.15, -0.1) is 0 Å². The number of anilines is 1. The minimum absolute atomic E-state index is 0.0383. The highest BCUT2D eigenvalue weighted by Gasteiger charge is 2.24. The predicted molar refractivity (Wildman–Crippen MR) is 103 cm³/mol. The third kappa shape index (κ3) is 5.09. The molecule has 1 aromatic rings. The number of carbonyl (C=O) groups is 2. The van der Waals surface area contributed by atoms with Gasteiger partial charge in [-0.25, -0.2) is 4.79 Å². The maximum atomic E-state index is 12.7. The van der Waals surface area contributed by atoms with Crippen molar-refractivity contribution in [2.45, 2.75) is 25.8 Å². The zero-order valence-corrected chi connectivity index (χ0v) is 16.2. The third-order valence-electron chi connectivity index (χ3n) is 5.17. The average Bonchev–Trinajstić information content (AvgIpc) is 2.69. The Hall–Kier alpha value is -2.35. The van der Waals surface area contributed by atoms with Gasteiger partial charge in [0.05, 0.1) is 17.9 Å². The maximum Gasteiger partial charge on any atom is 0.409 e. The van der Waals surface area contributed by atoms with E-state index in [9.17, 15) is 9.59 Å². The zero-order chi connectivity index (χ0) is 19.2. The Kier molecular flexibility index (Phi) is 6.49. The summed E-state index contributed by atoms with van der Waals surface area (Å²) in [6, 6.07) is 2.14. The van der Waals surface area contributed by atoms with Crippen LogP contribution in [-0.4, -0.2) is 90.6 Å². The highest BCUT2D eigenvalue weighted by Crippen LogP contribution is 2.18. The van der Waals surface area contributed by atoms with Crippen LogP contribution in [0.15, 0.2) is 18.5 Å². The Morgan fingerprint density at radius 3 is 2.48 bits per heavy atom. The molecule has 2 aliphatic rings. The number of piperazine rings is 1. The van der Waals surface area contributed by atoms with Gasteiger partial charge in [-0.1, -0.05) is 0 Å². The topological polar surface area (TPSA) is 78.0 Å². The molecule has 148 valence electrons. The smallest absolute Gasteiger partial charge is 0.409 e. The van der Waals surface area contributed by atoms with Crippen LogP contribution in [0.1, 0.15) is 30.1 Å². The summed E-state index contributed by atoms with van der Waals surface area (Å²) in [7, 11) is 2.07. The normalized spacial score (nSPS) is 19.0. The molecule has 3 rings (SSSR count). The van der Waals surface area contributed by atoms with Gasteiger partial charge in [0.15, 0.2) is 0 Å². The first-order chi connectivity index (χ1) is 13.1. The van der Waals surface area contributed by atoms with E-state index in [1.165, 1.54) is 0 Å². The fourth-order valence-electron chi connectivity index (χ4n) is 3.48. The lowest BCUT2D eigenvalue weighted by Crippen LogP contribution is -2.47. The molecule has 0 spiro atoms. The summed E-state index contributed by atoms with van der Waals surface area (Å²) >= 11 is 0. The van der Waals surface area contributed by atoms with Crippen molar-refractivity contribution >= 4 is 17.7 Å². The van der Waals surface area contributed by atoms with E-state index < -0.39 is 0 Å². The molecule has 2 amide bonds. The van der Waals surface area contributed by atoms with Crippen LogP contribution in [0.25, 0.3) is 0 Å². The van der Waals surface area contributed by atoms with Crippen molar-refractivity contribution in [2.24, 2.45) is 0 Å². The van der Waals surface area contributed by atoms with Crippen molar-refractivity contribution in [1.29, 1.82) is 0 Å². The second kappa shape index (κ2) is 9.03. The number of likely N-dealkylation sites (tertiary alicyclic amines) is 1. The van der Waals surface area contributed by atoms with E-state index in [0.29, 0.717) is 25.3 Å². The van der Waals surface area contributed by atoms with Crippen molar-refractivity contribution < 1.29 is 14.3 Å². The molecule has 27 heavy (non-hydrogen) atoms. The van der Waals surface area contributed by atoms with E-state index >= 15 is 0 Å². The first-order valence-electron chi connectivity index (χ1n) is 9.68. The van der Waals surface area contributed by atoms with Crippen LogP contribution < -0.4 is 5.32 Å². The SMILES string of the molecule is CCOC(=O)N1CCC(Nc2cncc(C(=O)N3CCN(C)CC3)c2)CC1. The molecule has 0 radical (unpaired) electrons. The fourth-order valence-corrected chi connectivity index (χ4v) is 3.48. The number of rotatable bonds is 4. The fraction of sp³-hybridized carbons (Fsp3) is 0.632. The number of ether oxygens (including phenoxy) is 1. The summed E-state index contributed by atoms with van der Waals surface area (Å²) in [5.41, 5.74) is 1.47. The summed E-state index contributed by atoms with van der Waals surface area (Å²) in [5.74, 6) is 0.0383. The van der Waals surface area contributed by atoms with Crippen LogP contribution in [0, 0.1) is 0 Å². The molecule has 0 aromatic carbocycles. The summed E-state index contributed by atoms with van der Waals surface area (Å²) in [4.78, 5) is 34.6. The maximum absolute atomic E-state index is 12.7. The van der Waals surface area contributed by atoms with Crippen molar-refractivity contribution in [1.82, 2.24) is 19.7 Å². The van der Waals surface area contributed by atoms with E-state index in [1.54, 1.807) is 17.3 Å². The van der Waals surface area contributed by atoms with E-state index in [-0.39, 0.29) is 18.0 Å². The Morgan fingerprint density at radius 1 is 1.11 bits per heavy atom. The van der Waals surface area contributed by atoms with Crippen LogP contribution in [0.2, 0.25) is 0 Å². The summed E-state index contributed by atoms with van der Waals surface area (Å²) in [6.07, 6.45) is 4.83. The predicted octanol–water partition coefficient (Wildman–Crippen LogP) is 1.50. The quantitative estimate of drug-likeness (QED) is 0.859. The lowest BCUT2D eigenvalue weighted by molar-refractivity contribution is 0.0663. The molecule has 0 bridgehead atoms. The lowest BCUT2D eigenvalue weighted by atomic mass is 10.0. The zero-order valence-electron chi connectivity index (χ0n) is 16.2. The van der Waals surface area contributed by atoms with Gasteiger partial charge in [-0.05, 0) is 32.9 Å². The van der Waals surface area contributed by atoms with Crippen molar-refractivity contribution in [3.05, 3.63) is 24.0 Å². The Balaban J connectivity index is 1.54. The second-order valence-electron chi connectivity index (χ2n) is 7.16. The van der Waals surface area contributed by atoms with Crippen LogP contribution in [-0.2, 0) is 4.74 Å². The number of pyridine rings is 1. The molecular weight excluding hydrogens is 346 g/mol. The minimum Gasteiger partial charge on any atom is -0.450 e. The summed E-state index contributed by atoms with van der Waals surface area (Å²) in [6.45, 7) is 6.85. The van der Waals surface area contributed by atoms with Gasteiger partial charge in [0.2, 0.25) is 0 Å². The molecule has 2 fully saturated rings. The highest BCUT2D eigenvalue weighted by molar-refractivity contribution is 5.94. The molecule has 0 atom stereocenters. The monoisotopic (exact) mass is 375 g/mol. The number of hydrogen-bond acceptors (Lipinski definition) is 6. The minimum atomic E-state index is -0.239. The number of piperidine rings is 1. The van der Waals surface area contributed by atoms with Gasteiger partial charge in [-0.3, -0.25) is 9.78 Å². The van der Waals surface area contributed by atoms with Crippen molar-refractivity contribution in [3.8, 4) is 0 Å². The largest absolute Gasteiger partial charge is 0.450 e. The molecule has 8 nitrogen and oxygen atoms in total. The molecule has 2 aliphatic heterocycles. The molecule has 1 N–H and O–H groups in total. The number of aromatic nitrogens is 1. The number of amides is 2. The number of nitrogens with one attached hydrogen (secondary N) is 1. The van der Waals surface area contributed by atoms with Crippen molar-refractivity contribution in [2.75, 3.05) is 58.2 Å². The van der Waals surface area contributed by atoms with Gasteiger partial charge < -0.3 is 24.8 Å². The van der Waals surface area contributed by atoms with E-state index in [0.717, 1.165) is 44.7 Å². The van der Waals surface area contributed by atoms with E-state index in [4.69, 9.17) is 4.74 Å². The molecule has 8 heteroatoms. The molecule has 0 unspecified atom stereocenters. The van der Waals surface area contributed by atoms with Gasteiger partial charge in [0.25, 0.3) is 5.91 Å². The first kappa shape index (κ1) is 19.4. The Bertz CT molecular complexity index is 653. The third-order valence-corrected chi connectivity index (χ3v) is 5.17. The van der Waals surface area contributed by atoms with E-state index in [2.05, 4.69) is 22.2 Å². The number of carbonyl (C=O) groups excluding carboxylic acids is 2. The molecule has 2 saturated heterocycles. The number of likely N-dealkylation sites (N-methyl/N-ethyl adjacent to an activating group) is 1. The molecule has 0 saturated carbocycles. The van der Waals surface area contributed by atoms with Crippen molar-refractivity contribution in [3.63, 3.8) is 0 Å². The molecular formula is C19H29N5O3. The van der Waals surface area contributed by atoms with Crippen LogP contribution in [0.4, 0.5) is 10.5 Å². The summed E-state index contributed by atoms with van der Waals surface area (Å²) in [5, 5.41) is 3.46. The molecule has 0 aliphatic carbocycles. The Morgan fingerprint density at radius 2 is 1.81 bits per heavy atom. The van der Waals surface area contributed by atoms with Gasteiger partial charge in [0.1, 0.15) is 0 Å². The lowest BCUT2D eigenvalue weighted by Gasteiger charge is -2.33. The van der Waals surface area contributed by atoms with Crippen LogP contribution >= 0.6 is 0 Å². The summed E-state index contributed by atoms with van der Waals surface area (Å²) < 4.78 is 5.05.